The van der Waals surface area contributed by atoms with Crippen LogP contribution in [-0.2, 0) is 0 Å². The minimum Gasteiger partial charge on any atom is -0.378 e. The molecule has 0 saturated carbocycles. The van der Waals surface area contributed by atoms with Crippen LogP contribution in [0, 0.1) is 6.92 Å². The predicted molar refractivity (Wildman–Crippen MR) is 137 cm³/mol. The number of hydrogen-bond donors (Lipinski definition) is 1. The van der Waals surface area contributed by atoms with Gasteiger partial charge < -0.3 is 5.32 Å². The van der Waals surface area contributed by atoms with E-state index in [0.29, 0.717) is 0 Å². The highest BCUT2D eigenvalue weighted by molar-refractivity contribution is 5.77. The molecule has 0 saturated heterocycles. The molecule has 0 heterocycles. The third-order valence-corrected chi connectivity index (χ3v) is 6.12. The van der Waals surface area contributed by atoms with Crippen LogP contribution in [0.5, 0.6) is 0 Å². The molecule has 4 aromatic rings. The van der Waals surface area contributed by atoms with Gasteiger partial charge in [-0.05, 0) is 46.9 Å². The van der Waals surface area contributed by atoms with Gasteiger partial charge in [0.05, 0.1) is 6.04 Å². The SMILES string of the molecule is Cc1ccc(C2C=C(c3ccccc3)C=CC2Nc2ccc(-c3ccccc3)cc2)cc1. The van der Waals surface area contributed by atoms with Crippen molar-refractivity contribution in [2.75, 3.05) is 5.32 Å². The fourth-order valence-electron chi connectivity index (χ4n) is 4.31. The molecule has 4 aromatic carbocycles. The number of aryl methyl sites for hydroxylation is 1. The second kappa shape index (κ2) is 9.11. The fourth-order valence-corrected chi connectivity index (χ4v) is 4.31. The first kappa shape index (κ1) is 20.1. The highest BCUT2D eigenvalue weighted by Crippen LogP contribution is 2.34. The summed E-state index contributed by atoms with van der Waals surface area (Å²) in [6.07, 6.45) is 6.95. The quantitative estimate of drug-likeness (QED) is 0.351. The largest absolute Gasteiger partial charge is 0.378 e. The van der Waals surface area contributed by atoms with Gasteiger partial charge in [-0.25, -0.2) is 0 Å². The fraction of sp³-hybridized carbons (Fsp3) is 0.0968. The Hall–Kier alpha value is -3.84. The van der Waals surface area contributed by atoms with Gasteiger partial charge in [-0.3, -0.25) is 0 Å². The molecule has 1 aliphatic rings. The summed E-state index contributed by atoms with van der Waals surface area (Å²) >= 11 is 0. The summed E-state index contributed by atoms with van der Waals surface area (Å²) in [6.45, 7) is 2.14. The third-order valence-electron chi connectivity index (χ3n) is 6.12. The van der Waals surface area contributed by atoms with E-state index in [-0.39, 0.29) is 12.0 Å². The molecule has 0 aliphatic heterocycles. The van der Waals surface area contributed by atoms with Crippen molar-refractivity contribution in [1.82, 2.24) is 0 Å². The summed E-state index contributed by atoms with van der Waals surface area (Å²) in [4.78, 5) is 0. The van der Waals surface area contributed by atoms with Gasteiger partial charge in [0.1, 0.15) is 0 Å². The van der Waals surface area contributed by atoms with Gasteiger partial charge >= 0.3 is 0 Å². The van der Waals surface area contributed by atoms with Crippen molar-refractivity contribution >= 4 is 11.3 Å². The molecule has 0 aromatic heterocycles. The molecule has 1 nitrogen and oxygen atoms in total. The minimum absolute atomic E-state index is 0.188. The van der Waals surface area contributed by atoms with Crippen molar-refractivity contribution < 1.29 is 0 Å². The van der Waals surface area contributed by atoms with Crippen LogP contribution < -0.4 is 5.32 Å². The Balaban J connectivity index is 1.42. The summed E-state index contributed by atoms with van der Waals surface area (Å²) in [6, 6.07) is 39.0. The first-order valence-corrected chi connectivity index (χ1v) is 11.2. The van der Waals surface area contributed by atoms with Crippen LogP contribution in [0.25, 0.3) is 16.7 Å². The monoisotopic (exact) mass is 413 g/mol. The maximum atomic E-state index is 3.76. The molecule has 0 amide bonds. The molecule has 2 unspecified atom stereocenters. The van der Waals surface area contributed by atoms with Crippen LogP contribution in [0.3, 0.4) is 0 Å². The Morgan fingerprint density at radius 1 is 0.594 bits per heavy atom. The number of rotatable bonds is 5. The summed E-state index contributed by atoms with van der Waals surface area (Å²) < 4.78 is 0. The van der Waals surface area contributed by atoms with Crippen molar-refractivity contribution in [1.29, 1.82) is 0 Å². The molecule has 156 valence electrons. The first-order chi connectivity index (χ1) is 15.8. The first-order valence-electron chi connectivity index (χ1n) is 11.2. The number of hydrogen-bond acceptors (Lipinski definition) is 1. The van der Waals surface area contributed by atoms with Crippen molar-refractivity contribution in [2.24, 2.45) is 0 Å². The average Bonchev–Trinajstić information content (AvgIpc) is 2.86. The van der Waals surface area contributed by atoms with Gasteiger partial charge in [0.25, 0.3) is 0 Å². The van der Waals surface area contributed by atoms with E-state index in [0.717, 1.165) is 5.69 Å². The lowest BCUT2D eigenvalue weighted by Crippen LogP contribution is -2.26. The zero-order valence-electron chi connectivity index (χ0n) is 18.3. The van der Waals surface area contributed by atoms with Crippen molar-refractivity contribution in [3.05, 3.63) is 144 Å². The summed E-state index contributed by atoms with van der Waals surface area (Å²) in [5, 5.41) is 3.76. The van der Waals surface area contributed by atoms with Crippen LogP contribution in [0.4, 0.5) is 5.69 Å². The van der Waals surface area contributed by atoms with E-state index in [9.17, 15) is 0 Å². The van der Waals surface area contributed by atoms with E-state index in [4.69, 9.17) is 0 Å². The summed E-state index contributed by atoms with van der Waals surface area (Å²) in [7, 11) is 0. The number of nitrogens with one attached hydrogen (secondary N) is 1. The molecular formula is C31H27N. The molecule has 2 atom stereocenters. The molecule has 0 bridgehead atoms. The van der Waals surface area contributed by atoms with E-state index in [2.05, 4.69) is 140 Å². The van der Waals surface area contributed by atoms with Gasteiger partial charge in [0.2, 0.25) is 0 Å². The van der Waals surface area contributed by atoms with E-state index < -0.39 is 0 Å². The van der Waals surface area contributed by atoms with Crippen LogP contribution in [0.15, 0.2) is 127 Å². The van der Waals surface area contributed by atoms with Crippen molar-refractivity contribution in [2.45, 2.75) is 18.9 Å². The zero-order chi connectivity index (χ0) is 21.8. The molecule has 1 N–H and O–H groups in total. The molecule has 32 heavy (non-hydrogen) atoms. The van der Waals surface area contributed by atoms with Crippen LogP contribution in [0.1, 0.15) is 22.6 Å². The molecule has 0 spiro atoms. The van der Waals surface area contributed by atoms with Gasteiger partial charge in [-0.15, -0.1) is 0 Å². The third kappa shape index (κ3) is 4.43. The molecule has 1 heteroatoms. The van der Waals surface area contributed by atoms with E-state index in [1.165, 1.54) is 33.4 Å². The second-order valence-corrected chi connectivity index (χ2v) is 8.40. The van der Waals surface area contributed by atoms with Gasteiger partial charge in [-0.2, -0.15) is 0 Å². The maximum Gasteiger partial charge on any atom is 0.0551 e. The van der Waals surface area contributed by atoms with E-state index in [1.807, 2.05) is 0 Å². The van der Waals surface area contributed by atoms with Gasteiger partial charge in [0, 0.05) is 11.6 Å². The lowest BCUT2D eigenvalue weighted by atomic mass is 9.83. The lowest BCUT2D eigenvalue weighted by Gasteiger charge is -2.29. The number of benzene rings is 4. The van der Waals surface area contributed by atoms with Crippen molar-refractivity contribution in [3.8, 4) is 11.1 Å². The highest BCUT2D eigenvalue weighted by atomic mass is 14.9. The Labute approximate surface area is 190 Å². The van der Waals surface area contributed by atoms with Gasteiger partial charge in [-0.1, -0.05) is 121 Å². The molecule has 0 fully saturated rings. The number of allylic oxidation sites excluding steroid dienone is 2. The Morgan fingerprint density at radius 3 is 1.84 bits per heavy atom. The van der Waals surface area contributed by atoms with Crippen LogP contribution in [-0.4, -0.2) is 6.04 Å². The smallest absolute Gasteiger partial charge is 0.0551 e. The average molecular weight is 414 g/mol. The van der Waals surface area contributed by atoms with Crippen molar-refractivity contribution in [3.63, 3.8) is 0 Å². The van der Waals surface area contributed by atoms with Gasteiger partial charge in [0.15, 0.2) is 0 Å². The predicted octanol–water partition coefficient (Wildman–Crippen LogP) is 7.88. The van der Waals surface area contributed by atoms with E-state index >= 15 is 0 Å². The summed E-state index contributed by atoms with van der Waals surface area (Å²) in [5.41, 5.74) is 8.75. The topological polar surface area (TPSA) is 12.0 Å². The normalized spacial score (nSPS) is 17.6. The molecule has 0 radical (unpaired) electrons. The molecular weight excluding hydrogens is 386 g/mol. The Kier molecular flexibility index (Phi) is 5.72. The second-order valence-electron chi connectivity index (χ2n) is 8.40. The maximum absolute atomic E-state index is 3.76. The van der Waals surface area contributed by atoms with Crippen LogP contribution >= 0.6 is 0 Å². The number of anilines is 1. The summed E-state index contributed by atoms with van der Waals surface area (Å²) in [5.74, 6) is 0.254. The molecule has 5 rings (SSSR count). The van der Waals surface area contributed by atoms with E-state index in [1.54, 1.807) is 0 Å². The van der Waals surface area contributed by atoms with Crippen LogP contribution in [0.2, 0.25) is 0 Å². The molecule has 1 aliphatic carbocycles. The Morgan fingerprint density at radius 2 is 1.19 bits per heavy atom. The Bertz CT molecular complexity index is 1220. The minimum atomic E-state index is 0.188. The zero-order valence-corrected chi connectivity index (χ0v) is 18.3. The lowest BCUT2D eigenvalue weighted by molar-refractivity contribution is 0.758. The highest BCUT2D eigenvalue weighted by Gasteiger charge is 2.23. The standard InChI is InChI=1S/C31H27N/c1-23-12-14-27(15-13-23)30-22-28(25-10-6-3-7-11-25)18-21-31(30)32-29-19-16-26(17-20-29)24-8-4-2-5-9-24/h2-22,30-32H,1H3.